The molecule has 1 unspecified atom stereocenters. The van der Waals surface area contributed by atoms with E-state index in [-0.39, 0.29) is 0 Å². The molecule has 1 heteroatoms. The number of rotatable bonds is 2. The lowest BCUT2D eigenvalue weighted by Crippen LogP contribution is -2.51. The highest BCUT2D eigenvalue weighted by Crippen LogP contribution is 2.43. The molecule has 2 bridgehead atoms. The highest BCUT2D eigenvalue weighted by molar-refractivity contribution is 5.23. The predicted octanol–water partition coefficient (Wildman–Crippen LogP) is 2.75. The third kappa shape index (κ3) is 1.98. The standard InChI is InChI=1S/C16H19N/c1-2-6-14-11-17-10-9-15(14)16(12-17)13-7-4-3-5-8-13/h1,3-5,7-8,14-16H,6,9-12H2/t14-,15+,16+/m0/s1. The average Bonchev–Trinajstić information content (AvgIpc) is 2.41. The van der Waals surface area contributed by atoms with E-state index in [1.807, 2.05) is 0 Å². The Bertz CT molecular complexity index is 417. The summed E-state index contributed by atoms with van der Waals surface area (Å²) in [6.07, 6.45) is 7.78. The maximum Gasteiger partial charge on any atom is 0.0129 e. The monoisotopic (exact) mass is 225 g/mol. The van der Waals surface area contributed by atoms with Crippen LogP contribution in [0.2, 0.25) is 0 Å². The van der Waals surface area contributed by atoms with E-state index in [0.717, 1.165) is 12.3 Å². The second kappa shape index (κ2) is 4.55. The lowest BCUT2D eigenvalue weighted by Gasteiger charge is -2.49. The van der Waals surface area contributed by atoms with Crippen LogP contribution in [-0.4, -0.2) is 24.5 Å². The number of terminal acetylenes is 1. The minimum Gasteiger partial charge on any atom is -0.302 e. The summed E-state index contributed by atoms with van der Waals surface area (Å²) >= 11 is 0. The Morgan fingerprint density at radius 1 is 1.24 bits per heavy atom. The number of benzene rings is 1. The van der Waals surface area contributed by atoms with Crippen molar-refractivity contribution in [3.63, 3.8) is 0 Å². The normalized spacial score (nSPS) is 35.5. The molecule has 3 fully saturated rings. The van der Waals surface area contributed by atoms with Gasteiger partial charge >= 0.3 is 0 Å². The summed E-state index contributed by atoms with van der Waals surface area (Å²) in [5.74, 6) is 5.09. The fourth-order valence-electron chi connectivity index (χ4n) is 3.65. The molecule has 1 aromatic carbocycles. The van der Waals surface area contributed by atoms with Gasteiger partial charge in [-0.15, -0.1) is 12.3 Å². The van der Waals surface area contributed by atoms with E-state index < -0.39 is 0 Å². The summed E-state index contributed by atoms with van der Waals surface area (Å²) in [5.41, 5.74) is 1.50. The zero-order valence-electron chi connectivity index (χ0n) is 10.2. The topological polar surface area (TPSA) is 3.24 Å². The number of hydrogen-bond acceptors (Lipinski definition) is 1. The van der Waals surface area contributed by atoms with Crippen LogP contribution in [-0.2, 0) is 0 Å². The van der Waals surface area contributed by atoms with Crippen molar-refractivity contribution in [2.45, 2.75) is 18.8 Å². The molecule has 88 valence electrons. The van der Waals surface area contributed by atoms with Crippen LogP contribution in [0.1, 0.15) is 24.3 Å². The van der Waals surface area contributed by atoms with Crippen molar-refractivity contribution in [1.82, 2.24) is 4.90 Å². The zero-order chi connectivity index (χ0) is 11.7. The molecule has 1 nitrogen and oxygen atoms in total. The van der Waals surface area contributed by atoms with Gasteiger partial charge in [-0.2, -0.15) is 0 Å². The minimum atomic E-state index is 0.706. The van der Waals surface area contributed by atoms with Crippen LogP contribution in [0.15, 0.2) is 30.3 Å². The maximum absolute atomic E-state index is 5.51. The van der Waals surface area contributed by atoms with Gasteiger partial charge < -0.3 is 4.90 Å². The summed E-state index contributed by atoms with van der Waals surface area (Å²) < 4.78 is 0. The molecule has 0 N–H and O–H groups in total. The number of fused-ring (bicyclic) bond motifs is 3. The Kier molecular flexibility index (Phi) is 2.91. The first-order chi connectivity index (χ1) is 8.38. The molecule has 0 saturated carbocycles. The number of hydrogen-bond donors (Lipinski definition) is 0. The molecule has 0 aromatic heterocycles. The van der Waals surface area contributed by atoms with E-state index >= 15 is 0 Å². The summed E-state index contributed by atoms with van der Waals surface area (Å²) in [5, 5.41) is 0. The van der Waals surface area contributed by atoms with E-state index in [9.17, 15) is 0 Å². The van der Waals surface area contributed by atoms with Crippen LogP contribution < -0.4 is 0 Å². The van der Waals surface area contributed by atoms with Crippen molar-refractivity contribution < 1.29 is 0 Å². The summed E-state index contributed by atoms with van der Waals surface area (Å²) in [6.45, 7) is 3.73. The Balaban J connectivity index is 1.85. The van der Waals surface area contributed by atoms with Crippen molar-refractivity contribution in [3.05, 3.63) is 35.9 Å². The highest BCUT2D eigenvalue weighted by Gasteiger charge is 2.40. The zero-order valence-corrected chi connectivity index (χ0v) is 10.2. The quantitative estimate of drug-likeness (QED) is 0.700. The van der Waals surface area contributed by atoms with Crippen LogP contribution in [0.5, 0.6) is 0 Å². The molecule has 3 heterocycles. The van der Waals surface area contributed by atoms with Crippen LogP contribution in [0.25, 0.3) is 0 Å². The van der Waals surface area contributed by atoms with Crippen molar-refractivity contribution in [2.24, 2.45) is 11.8 Å². The van der Waals surface area contributed by atoms with Crippen LogP contribution in [0, 0.1) is 24.2 Å². The predicted molar refractivity (Wildman–Crippen MR) is 70.7 cm³/mol. The van der Waals surface area contributed by atoms with E-state index in [0.29, 0.717) is 11.8 Å². The van der Waals surface area contributed by atoms with E-state index in [2.05, 4.69) is 41.2 Å². The average molecular weight is 225 g/mol. The smallest absolute Gasteiger partial charge is 0.0129 e. The van der Waals surface area contributed by atoms with Crippen molar-refractivity contribution >= 4 is 0 Å². The lowest BCUT2D eigenvalue weighted by molar-refractivity contribution is 0.0322. The van der Waals surface area contributed by atoms with Gasteiger partial charge in [0.05, 0.1) is 0 Å². The molecule has 3 saturated heterocycles. The lowest BCUT2D eigenvalue weighted by atomic mass is 9.69. The molecule has 4 rings (SSSR count). The highest BCUT2D eigenvalue weighted by atomic mass is 15.2. The van der Waals surface area contributed by atoms with E-state index in [4.69, 9.17) is 6.42 Å². The fraction of sp³-hybridized carbons (Fsp3) is 0.500. The first-order valence-electron chi connectivity index (χ1n) is 6.59. The van der Waals surface area contributed by atoms with Crippen molar-refractivity contribution in [3.8, 4) is 12.3 Å². The molecule has 0 spiro atoms. The third-order valence-electron chi connectivity index (χ3n) is 4.46. The Morgan fingerprint density at radius 2 is 2.06 bits per heavy atom. The number of piperidine rings is 3. The first-order valence-corrected chi connectivity index (χ1v) is 6.59. The van der Waals surface area contributed by atoms with Gasteiger partial charge in [-0.1, -0.05) is 30.3 Å². The van der Waals surface area contributed by atoms with E-state index in [1.54, 1.807) is 0 Å². The Hall–Kier alpha value is -1.26. The molecule has 1 aromatic rings. The van der Waals surface area contributed by atoms with Gasteiger partial charge in [0.15, 0.2) is 0 Å². The third-order valence-corrected chi connectivity index (χ3v) is 4.46. The Labute approximate surface area is 104 Å². The number of nitrogens with zero attached hydrogens (tertiary/aromatic N) is 1. The van der Waals surface area contributed by atoms with Crippen LogP contribution >= 0.6 is 0 Å². The van der Waals surface area contributed by atoms with Crippen molar-refractivity contribution in [1.29, 1.82) is 0 Å². The molecule has 0 aliphatic carbocycles. The molecular weight excluding hydrogens is 206 g/mol. The molecule has 17 heavy (non-hydrogen) atoms. The maximum atomic E-state index is 5.51. The molecule has 3 aliphatic heterocycles. The molecular formula is C16H19N. The SMILES string of the molecule is C#CC[C@H]1CN2CC[C@H]1[C@@H](c1ccccc1)C2. The van der Waals surface area contributed by atoms with Crippen LogP contribution in [0.4, 0.5) is 0 Å². The largest absolute Gasteiger partial charge is 0.302 e. The van der Waals surface area contributed by atoms with Gasteiger partial charge in [0.1, 0.15) is 0 Å². The summed E-state index contributed by atoms with van der Waals surface area (Å²) in [6, 6.07) is 11.0. The van der Waals surface area contributed by atoms with Gasteiger partial charge in [-0.3, -0.25) is 0 Å². The van der Waals surface area contributed by atoms with E-state index in [1.165, 1.54) is 31.6 Å². The molecule has 3 aliphatic rings. The van der Waals surface area contributed by atoms with Crippen molar-refractivity contribution in [2.75, 3.05) is 19.6 Å². The molecule has 4 atom stereocenters. The van der Waals surface area contributed by atoms with Gasteiger partial charge in [0, 0.05) is 19.5 Å². The van der Waals surface area contributed by atoms with Gasteiger partial charge in [0.25, 0.3) is 0 Å². The second-order valence-electron chi connectivity index (χ2n) is 5.40. The fourth-order valence-corrected chi connectivity index (χ4v) is 3.65. The second-order valence-corrected chi connectivity index (χ2v) is 5.40. The first kappa shape index (κ1) is 10.9. The van der Waals surface area contributed by atoms with Gasteiger partial charge in [0.2, 0.25) is 0 Å². The summed E-state index contributed by atoms with van der Waals surface area (Å²) in [4.78, 5) is 2.60. The summed E-state index contributed by atoms with van der Waals surface area (Å²) in [7, 11) is 0. The molecule has 0 amide bonds. The Morgan fingerprint density at radius 3 is 2.76 bits per heavy atom. The van der Waals surface area contributed by atoms with Gasteiger partial charge in [-0.05, 0) is 36.3 Å². The van der Waals surface area contributed by atoms with Crippen LogP contribution in [0.3, 0.4) is 0 Å². The molecule has 0 radical (unpaired) electrons. The minimum absolute atomic E-state index is 0.706. The van der Waals surface area contributed by atoms with Gasteiger partial charge in [-0.25, -0.2) is 0 Å².